The van der Waals surface area contributed by atoms with Crippen LogP contribution in [0.3, 0.4) is 0 Å². The van der Waals surface area contributed by atoms with Gasteiger partial charge in [-0.15, -0.1) is 0 Å². The number of nitrogens with zero attached hydrogens (tertiary/aromatic N) is 4. The van der Waals surface area contributed by atoms with Gasteiger partial charge in [0.05, 0.1) is 32.3 Å². The van der Waals surface area contributed by atoms with E-state index >= 15 is 0 Å². The molecule has 2 heterocycles. The van der Waals surface area contributed by atoms with E-state index in [9.17, 15) is 63.9 Å². The average molecular weight is 865 g/mol. The summed E-state index contributed by atoms with van der Waals surface area (Å²) >= 11 is 0. The molecule has 0 aromatic heterocycles. The summed E-state index contributed by atoms with van der Waals surface area (Å²) in [6.07, 6.45) is -3.17. The zero-order valence-electron chi connectivity index (χ0n) is 33.3. The highest BCUT2D eigenvalue weighted by atomic mass is 16.7. The lowest BCUT2D eigenvalue weighted by Gasteiger charge is -2.35. The normalized spacial score (nSPS) is 21.8. The number of hydrogen-bond acceptors (Lipinski definition) is 18. The smallest absolute Gasteiger partial charge is 0.317 e. The van der Waals surface area contributed by atoms with Crippen molar-refractivity contribution in [1.82, 2.24) is 30.2 Å². The van der Waals surface area contributed by atoms with E-state index in [2.05, 4.69) is 10.6 Å². The van der Waals surface area contributed by atoms with E-state index in [1.807, 2.05) is 0 Å². The molecule has 23 heteroatoms. The first-order chi connectivity index (χ1) is 29.1. The minimum atomic E-state index is -1.39. The van der Waals surface area contributed by atoms with Crippen LogP contribution in [0.25, 0.3) is 0 Å². The zero-order valence-corrected chi connectivity index (χ0v) is 33.3. The number of aliphatic hydroxyl groups excluding tert-OH is 1. The summed E-state index contributed by atoms with van der Waals surface area (Å²) in [5.41, 5.74) is 0. The Morgan fingerprint density at radius 2 is 1.25 bits per heavy atom. The van der Waals surface area contributed by atoms with Crippen LogP contribution in [0.4, 0.5) is 0 Å². The Morgan fingerprint density at radius 1 is 0.738 bits per heavy atom. The van der Waals surface area contributed by atoms with Crippen LogP contribution in [0.5, 0.6) is 11.5 Å². The van der Waals surface area contributed by atoms with Gasteiger partial charge in [-0.25, -0.2) is 0 Å². The van der Waals surface area contributed by atoms with E-state index in [1.54, 1.807) is 19.6 Å². The summed E-state index contributed by atoms with van der Waals surface area (Å²) in [7, 11) is 0. The maximum absolute atomic E-state index is 13.0. The summed E-state index contributed by atoms with van der Waals surface area (Å²) in [6.45, 7) is -0.446. The Morgan fingerprint density at radius 3 is 1.75 bits per heavy atom. The number of phenolic OH excluding ortho intramolecular Hbond substituents is 1. The predicted octanol–water partition coefficient (Wildman–Crippen LogP) is -3.44. The van der Waals surface area contributed by atoms with Gasteiger partial charge in [-0.2, -0.15) is 0 Å². The summed E-state index contributed by atoms with van der Waals surface area (Å²) in [4.78, 5) is 105. The van der Waals surface area contributed by atoms with E-state index in [0.717, 1.165) is 6.08 Å². The highest BCUT2D eigenvalue weighted by Crippen LogP contribution is 2.32. The van der Waals surface area contributed by atoms with Crippen LogP contribution in [0.1, 0.15) is 12.8 Å². The lowest BCUT2D eigenvalue weighted by molar-refractivity contribution is -0.176. The van der Waals surface area contributed by atoms with Crippen LogP contribution in [0.15, 0.2) is 36.3 Å². The predicted molar refractivity (Wildman–Crippen MR) is 206 cm³/mol. The number of aliphatic carboxylic acids is 3. The molecule has 23 nitrogen and oxygen atoms in total. The number of carbonyl (C=O) groups excluding carboxylic acids is 5. The van der Waals surface area contributed by atoms with E-state index < -0.39 is 84.7 Å². The number of phenols is 1. The standard InChI is InChI=1S/C38H52N6O17/c45-16-5-27(58-23-59-29-18-28-35(37(56)36(29)55)26(47)17-34(61-28)60-25-3-1-24(46)2-4-25)38(57)40-7-6-39-30(48)19-41-8-10-42(20-31(49)50)12-14-44(22-33(53)54)15-13-43(11-9-41)21-32(51)52/h1-4,17,27-29,35,45-46H,5-16,18-23H2,(H,39,48)(H,40,57)(H,49,50)(H,51,52)(H,53,54). The fourth-order valence-corrected chi connectivity index (χ4v) is 6.74. The lowest BCUT2D eigenvalue weighted by Crippen LogP contribution is -2.53. The summed E-state index contributed by atoms with van der Waals surface area (Å²) < 4.78 is 22.3. The van der Waals surface area contributed by atoms with Crippen molar-refractivity contribution in [2.75, 3.05) is 105 Å². The van der Waals surface area contributed by atoms with E-state index in [4.69, 9.17) is 18.9 Å². The number of carboxylic acid groups (broad SMARTS) is 3. The number of ketones is 3. The van der Waals surface area contributed by atoms with Gasteiger partial charge in [0.15, 0.2) is 5.78 Å². The van der Waals surface area contributed by atoms with Crippen molar-refractivity contribution in [1.29, 1.82) is 0 Å². The van der Waals surface area contributed by atoms with Gasteiger partial charge in [-0.3, -0.25) is 58.0 Å². The molecule has 0 spiro atoms. The van der Waals surface area contributed by atoms with Crippen LogP contribution < -0.4 is 15.4 Å². The zero-order chi connectivity index (χ0) is 44.5. The summed E-state index contributed by atoms with van der Waals surface area (Å²) in [5, 5.41) is 52.5. The Bertz CT molecular complexity index is 1730. The monoisotopic (exact) mass is 864 g/mol. The molecule has 4 unspecified atom stereocenters. The minimum Gasteiger partial charge on any atom is -0.508 e. The fourth-order valence-electron chi connectivity index (χ4n) is 6.74. The van der Waals surface area contributed by atoms with Gasteiger partial charge < -0.3 is 55.1 Å². The average Bonchev–Trinajstić information content (AvgIpc) is 3.19. The third kappa shape index (κ3) is 16.1. The molecule has 0 radical (unpaired) electrons. The van der Waals surface area contributed by atoms with Crippen LogP contribution in [-0.2, 0) is 52.6 Å². The van der Waals surface area contributed by atoms with Gasteiger partial charge in [0.25, 0.3) is 5.95 Å². The maximum atomic E-state index is 13.0. The van der Waals surface area contributed by atoms with Crippen molar-refractivity contribution < 1.29 is 82.8 Å². The summed E-state index contributed by atoms with van der Waals surface area (Å²) in [6, 6.07) is 5.57. The second-order valence-corrected chi connectivity index (χ2v) is 14.4. The molecule has 1 aliphatic carbocycles. The van der Waals surface area contributed by atoms with Gasteiger partial charge in [-0.1, -0.05) is 0 Å². The number of fused-ring (bicyclic) bond motifs is 1. The van der Waals surface area contributed by atoms with Crippen molar-refractivity contribution in [2.24, 2.45) is 5.92 Å². The molecule has 1 saturated heterocycles. The number of hydrogen-bond donors (Lipinski definition) is 7. The van der Waals surface area contributed by atoms with Crippen molar-refractivity contribution in [3.63, 3.8) is 0 Å². The first kappa shape index (κ1) is 48.1. The van der Waals surface area contributed by atoms with E-state index in [-0.39, 0.29) is 122 Å². The molecular weight excluding hydrogens is 812 g/mol. The van der Waals surface area contributed by atoms with E-state index in [0.29, 0.717) is 0 Å². The molecule has 4 atom stereocenters. The number of carbonyl (C=O) groups is 8. The molecule has 2 amide bonds. The van der Waals surface area contributed by atoms with Crippen molar-refractivity contribution in [3.05, 3.63) is 36.3 Å². The van der Waals surface area contributed by atoms with Gasteiger partial charge >= 0.3 is 17.9 Å². The number of aromatic hydroxyl groups is 1. The molecule has 336 valence electrons. The van der Waals surface area contributed by atoms with Crippen molar-refractivity contribution in [2.45, 2.75) is 31.2 Å². The number of carboxylic acids is 3. The quantitative estimate of drug-likeness (QED) is 0.0290. The largest absolute Gasteiger partial charge is 0.508 e. The molecule has 1 aromatic rings. The van der Waals surface area contributed by atoms with Crippen LogP contribution in [0.2, 0.25) is 0 Å². The second kappa shape index (κ2) is 24.0. The molecule has 3 aliphatic rings. The topological polar surface area (TPSA) is 312 Å². The molecule has 1 aromatic carbocycles. The number of allylic oxidation sites excluding steroid dienone is 1. The Balaban J connectivity index is 1.24. The van der Waals surface area contributed by atoms with Crippen molar-refractivity contribution >= 4 is 47.1 Å². The van der Waals surface area contributed by atoms with E-state index in [1.165, 1.54) is 24.3 Å². The molecule has 2 aliphatic heterocycles. The number of amides is 2. The molecule has 1 saturated carbocycles. The number of Topliss-reactive ketones (excluding diaryl/α,β-unsaturated/α-hetero) is 2. The summed E-state index contributed by atoms with van der Waals surface area (Å²) in [5.74, 6) is -8.43. The van der Waals surface area contributed by atoms with Crippen LogP contribution >= 0.6 is 0 Å². The second-order valence-electron chi connectivity index (χ2n) is 14.4. The van der Waals surface area contributed by atoms with Crippen molar-refractivity contribution in [3.8, 4) is 11.5 Å². The highest BCUT2D eigenvalue weighted by molar-refractivity contribution is 6.44. The Kier molecular flexibility index (Phi) is 19.0. The van der Waals surface area contributed by atoms with Gasteiger partial charge in [0, 0.05) is 84.9 Å². The lowest BCUT2D eigenvalue weighted by atomic mass is 9.79. The van der Waals surface area contributed by atoms with Crippen LogP contribution in [0, 0.1) is 5.92 Å². The molecule has 4 rings (SSSR count). The molecular formula is C38H52N6O17. The first-order valence-corrected chi connectivity index (χ1v) is 19.5. The molecule has 0 bridgehead atoms. The Labute approximate surface area is 349 Å². The number of rotatable bonds is 20. The minimum absolute atomic E-state index is 0.0150. The fraction of sp³-hybridized carbons (Fsp3) is 0.579. The van der Waals surface area contributed by atoms with Crippen LogP contribution in [-0.4, -0.2) is 216 Å². The first-order valence-electron chi connectivity index (χ1n) is 19.5. The molecule has 2 fully saturated rings. The molecule has 7 N–H and O–H groups in total. The number of nitrogens with one attached hydrogen (secondary N) is 2. The molecule has 61 heavy (non-hydrogen) atoms. The number of ether oxygens (including phenoxy) is 4. The van der Waals surface area contributed by atoms with Gasteiger partial charge in [0.1, 0.15) is 42.5 Å². The number of aliphatic hydroxyl groups is 1. The third-order valence-electron chi connectivity index (χ3n) is 9.87. The number of benzene rings is 1. The highest BCUT2D eigenvalue weighted by Gasteiger charge is 2.50. The third-order valence-corrected chi connectivity index (χ3v) is 9.87. The SMILES string of the molecule is O=C(O)CN1CCN(CC(=O)O)CCN(CC(=O)NCCNC(=O)C(CCO)OCOC2CC3OC(Oc4ccc(O)cc4)=CC(=O)C3C(=O)C2=O)CCN(CC(=O)O)CC1. The maximum Gasteiger partial charge on any atom is 0.317 e. The van der Waals surface area contributed by atoms with Gasteiger partial charge in [0.2, 0.25) is 23.4 Å². The Hall–Kier alpha value is -5.56. The van der Waals surface area contributed by atoms with Gasteiger partial charge in [-0.05, 0) is 24.3 Å².